The Morgan fingerprint density at radius 1 is 1.18 bits per heavy atom. The van der Waals surface area contributed by atoms with Crippen LogP contribution in [0.25, 0.3) is 0 Å². The molecule has 5 nitrogen and oxygen atoms in total. The third-order valence-corrected chi connectivity index (χ3v) is 4.82. The van der Waals surface area contributed by atoms with Gasteiger partial charge >= 0.3 is 0 Å². The summed E-state index contributed by atoms with van der Waals surface area (Å²) < 4.78 is 25.3. The summed E-state index contributed by atoms with van der Waals surface area (Å²) in [6.07, 6.45) is 1.10. The standard InChI is InChI=1S/C22H28FN3O2/c1-3-27-16-17-12-13-26(15-17)22(24-2)25-14-18-8-4-6-10-20(18)28-21-11-7-5-9-19(21)23/h4-11,17H,3,12-16H2,1-2H3,(H,24,25). The van der Waals surface area contributed by atoms with Gasteiger partial charge in [0, 0.05) is 44.8 Å². The topological polar surface area (TPSA) is 46.1 Å². The zero-order valence-corrected chi connectivity index (χ0v) is 16.5. The Morgan fingerprint density at radius 2 is 1.93 bits per heavy atom. The fourth-order valence-electron chi connectivity index (χ4n) is 3.35. The van der Waals surface area contributed by atoms with Gasteiger partial charge in [-0.1, -0.05) is 30.3 Å². The molecule has 1 N–H and O–H groups in total. The van der Waals surface area contributed by atoms with Crippen LogP contribution in [-0.2, 0) is 11.3 Å². The van der Waals surface area contributed by atoms with Crippen molar-refractivity contribution in [2.45, 2.75) is 19.9 Å². The molecule has 1 unspecified atom stereocenters. The Kier molecular flexibility index (Phi) is 7.25. The molecule has 0 amide bonds. The summed E-state index contributed by atoms with van der Waals surface area (Å²) in [6, 6.07) is 14.1. The minimum Gasteiger partial charge on any atom is -0.454 e. The highest BCUT2D eigenvalue weighted by molar-refractivity contribution is 5.80. The molecule has 0 aliphatic carbocycles. The fourth-order valence-corrected chi connectivity index (χ4v) is 3.35. The molecule has 150 valence electrons. The smallest absolute Gasteiger partial charge is 0.193 e. The van der Waals surface area contributed by atoms with Crippen molar-refractivity contribution >= 4 is 5.96 Å². The maximum absolute atomic E-state index is 13.9. The van der Waals surface area contributed by atoms with Crippen LogP contribution in [-0.4, -0.2) is 44.2 Å². The van der Waals surface area contributed by atoms with E-state index in [4.69, 9.17) is 9.47 Å². The Morgan fingerprint density at radius 3 is 2.68 bits per heavy atom. The van der Waals surface area contributed by atoms with Crippen LogP contribution in [0.4, 0.5) is 4.39 Å². The number of guanidine groups is 1. The number of ether oxygens (including phenoxy) is 2. The monoisotopic (exact) mass is 385 g/mol. The van der Waals surface area contributed by atoms with Crippen LogP contribution in [0.3, 0.4) is 0 Å². The van der Waals surface area contributed by atoms with Gasteiger partial charge in [0.25, 0.3) is 0 Å². The lowest BCUT2D eigenvalue weighted by Gasteiger charge is -2.22. The molecule has 1 saturated heterocycles. The van der Waals surface area contributed by atoms with Gasteiger partial charge in [0.15, 0.2) is 17.5 Å². The van der Waals surface area contributed by atoms with E-state index in [0.29, 0.717) is 18.2 Å². The maximum Gasteiger partial charge on any atom is 0.193 e. The molecule has 0 spiro atoms. The molecule has 1 heterocycles. The first kappa shape index (κ1) is 20.1. The van der Waals surface area contributed by atoms with Crippen molar-refractivity contribution in [2.75, 3.05) is 33.4 Å². The first-order valence-corrected chi connectivity index (χ1v) is 9.75. The van der Waals surface area contributed by atoms with Crippen molar-refractivity contribution in [3.8, 4) is 11.5 Å². The summed E-state index contributed by atoms with van der Waals surface area (Å²) in [5, 5.41) is 3.41. The molecule has 2 aromatic carbocycles. The zero-order chi connectivity index (χ0) is 19.8. The second-order valence-electron chi connectivity index (χ2n) is 6.80. The van der Waals surface area contributed by atoms with Gasteiger partial charge in [-0.2, -0.15) is 0 Å². The van der Waals surface area contributed by atoms with Gasteiger partial charge in [0.2, 0.25) is 0 Å². The number of hydrogen-bond acceptors (Lipinski definition) is 3. The molecule has 6 heteroatoms. The van der Waals surface area contributed by atoms with Gasteiger partial charge in [-0.3, -0.25) is 4.99 Å². The Balaban J connectivity index is 1.62. The van der Waals surface area contributed by atoms with E-state index in [9.17, 15) is 4.39 Å². The third kappa shape index (κ3) is 5.23. The molecule has 0 radical (unpaired) electrons. The molecule has 1 aliphatic rings. The number of nitrogens with one attached hydrogen (secondary N) is 1. The summed E-state index contributed by atoms with van der Waals surface area (Å²) in [4.78, 5) is 6.67. The Labute approximate surface area is 166 Å². The van der Waals surface area contributed by atoms with Crippen LogP contribution in [0.15, 0.2) is 53.5 Å². The highest BCUT2D eigenvalue weighted by Gasteiger charge is 2.25. The fraction of sp³-hybridized carbons (Fsp3) is 0.409. The van der Waals surface area contributed by atoms with Gasteiger partial charge in [-0.15, -0.1) is 0 Å². The Hall–Kier alpha value is -2.60. The van der Waals surface area contributed by atoms with Gasteiger partial charge in [-0.05, 0) is 31.5 Å². The van der Waals surface area contributed by atoms with E-state index < -0.39 is 0 Å². The van der Waals surface area contributed by atoms with E-state index in [1.165, 1.54) is 6.07 Å². The lowest BCUT2D eigenvalue weighted by molar-refractivity contribution is 0.114. The molecular formula is C22H28FN3O2. The lowest BCUT2D eigenvalue weighted by Crippen LogP contribution is -2.39. The molecule has 0 aromatic heterocycles. The predicted molar refractivity (Wildman–Crippen MR) is 109 cm³/mol. The van der Waals surface area contributed by atoms with Crippen LogP contribution in [0.5, 0.6) is 11.5 Å². The van der Waals surface area contributed by atoms with E-state index >= 15 is 0 Å². The second-order valence-corrected chi connectivity index (χ2v) is 6.80. The predicted octanol–water partition coefficient (Wildman–Crippen LogP) is 4.05. The summed E-state index contributed by atoms with van der Waals surface area (Å²) in [7, 11) is 1.79. The van der Waals surface area contributed by atoms with Crippen LogP contribution in [0.2, 0.25) is 0 Å². The molecular weight excluding hydrogens is 357 g/mol. The van der Waals surface area contributed by atoms with Crippen molar-refractivity contribution in [3.05, 3.63) is 59.9 Å². The number of halogens is 1. The lowest BCUT2D eigenvalue weighted by atomic mass is 10.1. The van der Waals surface area contributed by atoms with Crippen molar-refractivity contribution in [3.63, 3.8) is 0 Å². The average Bonchev–Trinajstić information content (AvgIpc) is 3.18. The minimum absolute atomic E-state index is 0.220. The number of hydrogen-bond donors (Lipinski definition) is 1. The van der Waals surface area contributed by atoms with Crippen LogP contribution >= 0.6 is 0 Å². The van der Waals surface area contributed by atoms with E-state index in [1.807, 2.05) is 31.2 Å². The first-order valence-electron chi connectivity index (χ1n) is 9.75. The molecule has 0 bridgehead atoms. The van der Waals surface area contributed by atoms with E-state index in [2.05, 4.69) is 15.2 Å². The molecule has 1 atom stereocenters. The number of nitrogens with zero attached hydrogens (tertiary/aromatic N) is 2. The molecule has 28 heavy (non-hydrogen) atoms. The minimum atomic E-state index is -0.376. The van der Waals surface area contributed by atoms with Crippen molar-refractivity contribution in [2.24, 2.45) is 10.9 Å². The molecule has 3 rings (SSSR count). The van der Waals surface area contributed by atoms with Gasteiger partial charge in [0.1, 0.15) is 5.75 Å². The molecule has 1 fully saturated rings. The van der Waals surface area contributed by atoms with E-state index in [-0.39, 0.29) is 11.6 Å². The molecule has 0 saturated carbocycles. The van der Waals surface area contributed by atoms with Gasteiger partial charge < -0.3 is 19.7 Å². The number of benzene rings is 2. The number of aliphatic imine (C=N–C) groups is 1. The Bertz CT molecular complexity index is 797. The normalized spacial score (nSPS) is 17.0. The first-order chi connectivity index (χ1) is 13.7. The maximum atomic E-state index is 13.9. The largest absolute Gasteiger partial charge is 0.454 e. The van der Waals surface area contributed by atoms with E-state index in [1.54, 1.807) is 25.2 Å². The van der Waals surface area contributed by atoms with Crippen LogP contribution in [0.1, 0.15) is 18.9 Å². The highest BCUT2D eigenvalue weighted by Crippen LogP contribution is 2.27. The number of likely N-dealkylation sites (tertiary alicyclic amines) is 1. The average molecular weight is 385 g/mol. The van der Waals surface area contributed by atoms with E-state index in [0.717, 1.165) is 44.2 Å². The summed E-state index contributed by atoms with van der Waals surface area (Å²) >= 11 is 0. The summed E-state index contributed by atoms with van der Waals surface area (Å²) in [6.45, 7) is 6.02. The number of para-hydroxylation sites is 2. The third-order valence-electron chi connectivity index (χ3n) is 4.82. The second kappa shape index (κ2) is 10.1. The molecule has 1 aliphatic heterocycles. The van der Waals surface area contributed by atoms with Crippen molar-refractivity contribution in [1.82, 2.24) is 10.2 Å². The highest BCUT2D eigenvalue weighted by atomic mass is 19.1. The SMILES string of the molecule is CCOCC1CCN(C(=NC)NCc2ccccc2Oc2ccccc2F)C1. The van der Waals surface area contributed by atoms with Crippen LogP contribution in [0, 0.1) is 11.7 Å². The van der Waals surface area contributed by atoms with Gasteiger partial charge in [-0.25, -0.2) is 4.39 Å². The molecule has 2 aromatic rings. The summed E-state index contributed by atoms with van der Waals surface area (Å²) in [5.41, 5.74) is 0.942. The van der Waals surface area contributed by atoms with Crippen molar-refractivity contribution < 1.29 is 13.9 Å². The van der Waals surface area contributed by atoms with Crippen molar-refractivity contribution in [1.29, 1.82) is 0 Å². The zero-order valence-electron chi connectivity index (χ0n) is 16.5. The summed E-state index contributed by atoms with van der Waals surface area (Å²) in [5.74, 6) is 1.87. The van der Waals surface area contributed by atoms with Crippen LogP contribution < -0.4 is 10.1 Å². The number of rotatable bonds is 7. The van der Waals surface area contributed by atoms with Gasteiger partial charge in [0.05, 0.1) is 6.61 Å². The quantitative estimate of drug-likeness (QED) is 0.577.